The first-order valence-electron chi connectivity index (χ1n) is 5.25. The monoisotopic (exact) mass is 196 g/mol. The molecule has 3 heteroatoms. The van der Waals surface area contributed by atoms with Crippen LogP contribution in [0.1, 0.15) is 39.5 Å². The lowest BCUT2D eigenvalue weighted by atomic mass is 9.56. The summed E-state index contributed by atoms with van der Waals surface area (Å²) in [6.45, 7) is 3.39. The molecule has 0 saturated heterocycles. The molecular formula is C11H16O3. The number of hydrogen-bond donors (Lipinski definition) is 0. The van der Waals surface area contributed by atoms with Crippen molar-refractivity contribution in [2.24, 2.45) is 11.8 Å². The third kappa shape index (κ3) is 1.35. The van der Waals surface area contributed by atoms with E-state index in [1.807, 2.05) is 6.92 Å². The molecular weight excluding hydrogens is 180 g/mol. The molecule has 3 nitrogen and oxygen atoms in total. The van der Waals surface area contributed by atoms with Crippen LogP contribution in [0.4, 0.5) is 0 Å². The molecule has 78 valence electrons. The van der Waals surface area contributed by atoms with E-state index in [9.17, 15) is 9.59 Å². The van der Waals surface area contributed by atoms with E-state index in [2.05, 4.69) is 0 Å². The Morgan fingerprint density at radius 2 is 2.29 bits per heavy atom. The summed E-state index contributed by atoms with van der Waals surface area (Å²) in [5.41, 5.74) is -0.355. The number of rotatable bonds is 1. The van der Waals surface area contributed by atoms with Gasteiger partial charge >= 0.3 is 5.97 Å². The smallest absolute Gasteiger partial charge is 0.303 e. The highest BCUT2D eigenvalue weighted by atomic mass is 16.6. The van der Waals surface area contributed by atoms with Crippen LogP contribution in [0.2, 0.25) is 0 Å². The zero-order valence-corrected chi connectivity index (χ0v) is 8.71. The average Bonchev–Trinajstić information content (AvgIpc) is 2.06. The van der Waals surface area contributed by atoms with E-state index in [-0.39, 0.29) is 23.4 Å². The molecule has 2 saturated carbocycles. The number of hydrogen-bond acceptors (Lipinski definition) is 3. The summed E-state index contributed by atoms with van der Waals surface area (Å²) < 4.78 is 5.30. The van der Waals surface area contributed by atoms with Crippen molar-refractivity contribution < 1.29 is 14.3 Å². The van der Waals surface area contributed by atoms with Gasteiger partial charge in [0.2, 0.25) is 0 Å². The zero-order chi connectivity index (χ0) is 10.3. The highest BCUT2D eigenvalue weighted by Gasteiger charge is 2.56. The summed E-state index contributed by atoms with van der Waals surface area (Å²) in [5.74, 6) is 0.593. The van der Waals surface area contributed by atoms with Gasteiger partial charge in [0.15, 0.2) is 0 Å². The van der Waals surface area contributed by atoms with Crippen molar-refractivity contribution >= 4 is 11.8 Å². The van der Waals surface area contributed by atoms with E-state index in [4.69, 9.17) is 4.74 Å². The van der Waals surface area contributed by atoms with E-state index in [0.29, 0.717) is 5.78 Å². The minimum atomic E-state index is -0.355. The number of ether oxygens (including phenoxy) is 1. The van der Waals surface area contributed by atoms with Crippen LogP contribution in [0, 0.1) is 11.8 Å². The largest absolute Gasteiger partial charge is 0.459 e. The molecule has 3 unspecified atom stereocenters. The van der Waals surface area contributed by atoms with Crippen molar-refractivity contribution in [3.05, 3.63) is 0 Å². The fourth-order valence-corrected chi connectivity index (χ4v) is 2.97. The van der Waals surface area contributed by atoms with Crippen LogP contribution in [0.15, 0.2) is 0 Å². The maximum atomic E-state index is 11.5. The van der Waals surface area contributed by atoms with Crippen LogP contribution < -0.4 is 0 Å². The maximum Gasteiger partial charge on any atom is 0.303 e. The van der Waals surface area contributed by atoms with E-state index >= 15 is 0 Å². The second-order valence-corrected chi connectivity index (χ2v) is 4.68. The molecule has 0 heterocycles. The molecule has 3 atom stereocenters. The van der Waals surface area contributed by atoms with Crippen molar-refractivity contribution in [2.45, 2.75) is 45.1 Å². The Kier molecular flexibility index (Phi) is 2.13. The highest BCUT2D eigenvalue weighted by Crippen LogP contribution is 2.52. The van der Waals surface area contributed by atoms with Crippen molar-refractivity contribution in [1.29, 1.82) is 0 Å². The Morgan fingerprint density at radius 3 is 2.93 bits per heavy atom. The molecule has 2 aliphatic carbocycles. The van der Waals surface area contributed by atoms with Gasteiger partial charge in [-0.15, -0.1) is 0 Å². The first kappa shape index (κ1) is 9.69. The molecule has 14 heavy (non-hydrogen) atoms. The van der Waals surface area contributed by atoms with E-state index < -0.39 is 0 Å². The van der Waals surface area contributed by atoms with Gasteiger partial charge in [0.05, 0.1) is 0 Å². The molecule has 0 radical (unpaired) electrons. The number of ketones is 1. The van der Waals surface area contributed by atoms with Crippen LogP contribution >= 0.6 is 0 Å². The molecule has 0 aliphatic heterocycles. The molecule has 2 fully saturated rings. The molecule has 2 aliphatic rings. The van der Waals surface area contributed by atoms with E-state index in [1.165, 1.54) is 6.92 Å². The lowest BCUT2D eigenvalue weighted by Gasteiger charge is -2.53. The van der Waals surface area contributed by atoms with E-state index in [0.717, 1.165) is 25.7 Å². The van der Waals surface area contributed by atoms with Gasteiger partial charge < -0.3 is 4.74 Å². The first-order valence-corrected chi connectivity index (χ1v) is 5.25. The van der Waals surface area contributed by atoms with Gasteiger partial charge in [-0.3, -0.25) is 9.59 Å². The molecule has 0 N–H and O–H groups in total. The van der Waals surface area contributed by atoms with Crippen LogP contribution in [-0.4, -0.2) is 17.4 Å². The third-order valence-electron chi connectivity index (χ3n) is 3.62. The second-order valence-electron chi connectivity index (χ2n) is 4.68. The standard InChI is InChI=1S/C11H16O3/c1-7(12)14-11(2)6-8-9(11)4-3-5-10(8)13/h8-9H,3-6H2,1-2H3. The minimum Gasteiger partial charge on any atom is -0.459 e. The summed E-state index contributed by atoms with van der Waals surface area (Å²) in [6, 6.07) is 0. The lowest BCUT2D eigenvalue weighted by Crippen LogP contribution is -2.58. The number of esters is 1. The molecule has 0 aromatic heterocycles. The quantitative estimate of drug-likeness (QED) is 0.599. The molecule has 0 bridgehead atoms. The Hall–Kier alpha value is -0.860. The van der Waals surface area contributed by atoms with Crippen LogP contribution in [0.3, 0.4) is 0 Å². The minimum absolute atomic E-state index is 0.174. The molecule has 0 aromatic rings. The normalized spacial score (nSPS) is 41.1. The topological polar surface area (TPSA) is 43.4 Å². The SMILES string of the molecule is CC(=O)OC1(C)CC2C(=O)CCCC21. The maximum absolute atomic E-state index is 11.5. The fourth-order valence-electron chi connectivity index (χ4n) is 2.97. The number of fused-ring (bicyclic) bond motifs is 1. The number of Topliss-reactive ketones (excluding diaryl/α,β-unsaturated/α-hetero) is 1. The van der Waals surface area contributed by atoms with Gasteiger partial charge in [-0.2, -0.15) is 0 Å². The van der Waals surface area contributed by atoms with Crippen LogP contribution in [0.25, 0.3) is 0 Å². The van der Waals surface area contributed by atoms with Gasteiger partial charge in [-0.05, 0) is 26.2 Å². The summed E-state index contributed by atoms with van der Waals surface area (Å²) in [5, 5.41) is 0. The van der Waals surface area contributed by atoms with Crippen molar-refractivity contribution in [1.82, 2.24) is 0 Å². The first-order chi connectivity index (χ1) is 6.53. The van der Waals surface area contributed by atoms with Crippen LogP contribution in [-0.2, 0) is 14.3 Å². The molecule has 0 spiro atoms. The summed E-state index contributed by atoms with van der Waals surface area (Å²) in [6.07, 6.45) is 3.43. The predicted octanol–water partition coefficient (Wildman–Crippen LogP) is 1.70. The Labute approximate surface area is 83.8 Å². The fraction of sp³-hybridized carbons (Fsp3) is 0.818. The Balaban J connectivity index is 2.05. The lowest BCUT2D eigenvalue weighted by molar-refractivity contribution is -0.195. The molecule has 0 aromatic carbocycles. The summed E-state index contributed by atoms with van der Waals surface area (Å²) in [7, 11) is 0. The Morgan fingerprint density at radius 1 is 1.57 bits per heavy atom. The van der Waals surface area contributed by atoms with Crippen molar-refractivity contribution in [2.75, 3.05) is 0 Å². The van der Waals surface area contributed by atoms with Gasteiger partial charge in [0, 0.05) is 25.2 Å². The van der Waals surface area contributed by atoms with Crippen molar-refractivity contribution in [3.63, 3.8) is 0 Å². The number of carbonyl (C=O) groups is 2. The highest BCUT2D eigenvalue weighted by molar-refractivity contribution is 5.83. The number of carbonyl (C=O) groups excluding carboxylic acids is 2. The third-order valence-corrected chi connectivity index (χ3v) is 3.62. The van der Waals surface area contributed by atoms with Gasteiger partial charge in [-0.1, -0.05) is 0 Å². The van der Waals surface area contributed by atoms with Gasteiger partial charge in [0.25, 0.3) is 0 Å². The van der Waals surface area contributed by atoms with Gasteiger partial charge in [-0.25, -0.2) is 0 Å². The van der Waals surface area contributed by atoms with Crippen LogP contribution in [0.5, 0.6) is 0 Å². The van der Waals surface area contributed by atoms with E-state index in [1.54, 1.807) is 0 Å². The van der Waals surface area contributed by atoms with Gasteiger partial charge in [0.1, 0.15) is 11.4 Å². The Bertz CT molecular complexity index is 284. The average molecular weight is 196 g/mol. The zero-order valence-electron chi connectivity index (χ0n) is 8.71. The summed E-state index contributed by atoms with van der Waals surface area (Å²) in [4.78, 5) is 22.4. The summed E-state index contributed by atoms with van der Waals surface area (Å²) >= 11 is 0. The molecule has 0 amide bonds. The second kappa shape index (κ2) is 3.07. The predicted molar refractivity (Wildman–Crippen MR) is 50.6 cm³/mol. The molecule has 2 rings (SSSR count). The van der Waals surface area contributed by atoms with Crippen molar-refractivity contribution in [3.8, 4) is 0 Å².